The van der Waals surface area contributed by atoms with Crippen LogP contribution >= 0.6 is 22.6 Å². The maximum Gasteiger partial charge on any atom is 0.244 e. The third-order valence-corrected chi connectivity index (χ3v) is 5.89. The SMILES string of the molecule is O=C(N/N=C/c1cc(I)ccc1O)C1CC1(c1ccccc1)c1ccccc1. The topological polar surface area (TPSA) is 61.7 Å². The van der Waals surface area contributed by atoms with E-state index in [0.717, 1.165) is 21.1 Å². The number of hydrogen-bond acceptors (Lipinski definition) is 3. The molecular weight excluding hydrogens is 463 g/mol. The van der Waals surface area contributed by atoms with Crippen molar-refractivity contribution >= 4 is 34.7 Å². The summed E-state index contributed by atoms with van der Waals surface area (Å²) < 4.78 is 0.984. The number of carbonyl (C=O) groups is 1. The summed E-state index contributed by atoms with van der Waals surface area (Å²) in [6.07, 6.45) is 2.22. The molecule has 2 N–H and O–H groups in total. The summed E-state index contributed by atoms with van der Waals surface area (Å²) in [5, 5.41) is 14.0. The molecule has 0 radical (unpaired) electrons. The minimum atomic E-state index is -0.313. The van der Waals surface area contributed by atoms with Gasteiger partial charge in [0.2, 0.25) is 5.91 Å². The molecule has 4 rings (SSSR count). The minimum Gasteiger partial charge on any atom is -0.507 e. The first kappa shape index (κ1) is 18.7. The summed E-state index contributed by atoms with van der Waals surface area (Å²) in [5.74, 6) is -0.166. The van der Waals surface area contributed by atoms with E-state index in [1.165, 1.54) is 6.21 Å². The van der Waals surface area contributed by atoms with E-state index in [4.69, 9.17) is 0 Å². The number of phenols is 1. The van der Waals surface area contributed by atoms with E-state index in [-0.39, 0.29) is 23.0 Å². The number of carbonyl (C=O) groups excluding carboxylic acids is 1. The zero-order valence-corrected chi connectivity index (χ0v) is 17.2. The Kier molecular flexibility index (Phi) is 5.17. The van der Waals surface area contributed by atoms with Crippen molar-refractivity contribution in [3.8, 4) is 5.75 Å². The summed E-state index contributed by atoms with van der Waals surface area (Å²) in [6, 6.07) is 25.5. The van der Waals surface area contributed by atoms with Gasteiger partial charge in [0, 0.05) is 14.5 Å². The molecule has 1 fully saturated rings. The van der Waals surface area contributed by atoms with E-state index in [9.17, 15) is 9.90 Å². The van der Waals surface area contributed by atoms with Gasteiger partial charge in [0.25, 0.3) is 0 Å². The van der Waals surface area contributed by atoms with Crippen molar-refractivity contribution < 1.29 is 9.90 Å². The van der Waals surface area contributed by atoms with Crippen LogP contribution in [0.5, 0.6) is 5.75 Å². The number of hydrazone groups is 1. The second-order valence-electron chi connectivity index (χ2n) is 6.90. The van der Waals surface area contributed by atoms with E-state index < -0.39 is 0 Å². The molecule has 0 aliphatic heterocycles. The maximum absolute atomic E-state index is 12.8. The Morgan fingerprint density at radius 3 is 2.25 bits per heavy atom. The molecule has 0 bridgehead atoms. The molecule has 1 atom stereocenters. The fourth-order valence-electron chi connectivity index (χ4n) is 3.73. The van der Waals surface area contributed by atoms with Gasteiger partial charge in [-0.15, -0.1) is 0 Å². The highest BCUT2D eigenvalue weighted by molar-refractivity contribution is 14.1. The molecule has 3 aromatic carbocycles. The second-order valence-corrected chi connectivity index (χ2v) is 8.14. The monoisotopic (exact) mass is 482 g/mol. The Balaban J connectivity index is 1.55. The highest BCUT2D eigenvalue weighted by Gasteiger charge is 2.60. The predicted octanol–water partition coefficient (Wildman–Crippen LogP) is 4.45. The van der Waals surface area contributed by atoms with Gasteiger partial charge in [-0.3, -0.25) is 4.79 Å². The van der Waals surface area contributed by atoms with Crippen molar-refractivity contribution in [2.75, 3.05) is 0 Å². The molecule has 1 saturated carbocycles. The quantitative estimate of drug-likeness (QED) is 0.321. The van der Waals surface area contributed by atoms with Gasteiger partial charge in [-0.2, -0.15) is 5.10 Å². The maximum atomic E-state index is 12.8. The van der Waals surface area contributed by atoms with Crippen LogP contribution in [0.25, 0.3) is 0 Å². The number of nitrogens with zero attached hydrogens (tertiary/aromatic N) is 1. The highest BCUT2D eigenvalue weighted by atomic mass is 127. The van der Waals surface area contributed by atoms with Crippen LogP contribution in [-0.4, -0.2) is 17.2 Å². The van der Waals surface area contributed by atoms with Gasteiger partial charge >= 0.3 is 0 Å². The van der Waals surface area contributed by atoms with Gasteiger partial charge in [0.15, 0.2) is 0 Å². The van der Waals surface area contributed by atoms with Crippen LogP contribution in [0.3, 0.4) is 0 Å². The summed E-state index contributed by atoms with van der Waals surface area (Å²) in [5.41, 5.74) is 5.19. The number of nitrogens with one attached hydrogen (secondary N) is 1. The van der Waals surface area contributed by atoms with Crippen LogP contribution in [0.4, 0.5) is 0 Å². The molecule has 0 spiro atoms. The van der Waals surface area contributed by atoms with E-state index in [2.05, 4.69) is 57.4 Å². The predicted molar refractivity (Wildman–Crippen MR) is 118 cm³/mol. The number of benzene rings is 3. The van der Waals surface area contributed by atoms with Crippen LogP contribution in [0.15, 0.2) is 84.0 Å². The van der Waals surface area contributed by atoms with Gasteiger partial charge in [-0.1, -0.05) is 60.7 Å². The van der Waals surface area contributed by atoms with E-state index in [1.54, 1.807) is 12.1 Å². The molecule has 28 heavy (non-hydrogen) atoms. The number of hydrogen-bond donors (Lipinski definition) is 2. The van der Waals surface area contributed by atoms with Gasteiger partial charge < -0.3 is 5.11 Å². The lowest BCUT2D eigenvalue weighted by Gasteiger charge is -2.18. The van der Waals surface area contributed by atoms with Gasteiger partial charge in [0.05, 0.1) is 12.1 Å². The minimum absolute atomic E-state index is 0.117. The van der Waals surface area contributed by atoms with Crippen LogP contribution in [0.2, 0.25) is 0 Å². The molecule has 3 aromatic rings. The van der Waals surface area contributed by atoms with Crippen molar-refractivity contribution in [3.05, 3.63) is 99.1 Å². The van der Waals surface area contributed by atoms with Crippen molar-refractivity contribution in [2.24, 2.45) is 11.0 Å². The Labute approximate surface area is 177 Å². The zero-order valence-electron chi connectivity index (χ0n) is 15.0. The molecule has 0 aromatic heterocycles. The third-order valence-electron chi connectivity index (χ3n) is 5.22. The largest absolute Gasteiger partial charge is 0.507 e. The first-order chi connectivity index (χ1) is 13.6. The summed E-state index contributed by atoms with van der Waals surface area (Å²) in [4.78, 5) is 12.8. The average Bonchev–Trinajstić information content (AvgIpc) is 3.49. The molecule has 0 saturated heterocycles. The molecule has 4 nitrogen and oxygen atoms in total. The van der Waals surface area contributed by atoms with E-state index in [1.807, 2.05) is 42.5 Å². The zero-order chi connectivity index (χ0) is 19.6. The Bertz CT molecular complexity index is 980. The standard InChI is InChI=1S/C23H19IN2O2/c24-19-11-12-21(27)16(13-19)15-25-26-22(28)20-14-23(20,17-7-3-1-4-8-17)18-9-5-2-6-10-18/h1-13,15,20,27H,14H2,(H,26,28)/b25-15+. The van der Waals surface area contributed by atoms with Crippen LogP contribution in [0, 0.1) is 9.49 Å². The molecule has 1 aliphatic rings. The van der Waals surface area contributed by atoms with E-state index >= 15 is 0 Å². The van der Waals surface area contributed by atoms with Crippen molar-refractivity contribution in [2.45, 2.75) is 11.8 Å². The Morgan fingerprint density at radius 2 is 1.64 bits per heavy atom. The van der Waals surface area contributed by atoms with Crippen molar-refractivity contribution in [3.63, 3.8) is 0 Å². The smallest absolute Gasteiger partial charge is 0.244 e. The van der Waals surface area contributed by atoms with Crippen LogP contribution in [0.1, 0.15) is 23.1 Å². The van der Waals surface area contributed by atoms with Crippen LogP contribution < -0.4 is 5.43 Å². The Morgan fingerprint density at radius 1 is 1.04 bits per heavy atom. The normalized spacial score (nSPS) is 17.4. The fraction of sp³-hybridized carbons (Fsp3) is 0.130. The molecular formula is C23H19IN2O2. The number of halogens is 1. The molecule has 1 amide bonds. The highest BCUT2D eigenvalue weighted by Crippen LogP contribution is 2.58. The molecule has 140 valence electrons. The molecule has 1 unspecified atom stereocenters. The summed E-state index contributed by atoms with van der Waals surface area (Å²) in [6.45, 7) is 0. The summed E-state index contributed by atoms with van der Waals surface area (Å²) in [7, 11) is 0. The first-order valence-electron chi connectivity index (χ1n) is 9.04. The third kappa shape index (κ3) is 3.54. The number of aromatic hydroxyl groups is 1. The lowest BCUT2D eigenvalue weighted by atomic mass is 9.85. The lowest BCUT2D eigenvalue weighted by Crippen LogP contribution is -2.25. The lowest BCUT2D eigenvalue weighted by molar-refractivity contribution is -0.122. The van der Waals surface area contributed by atoms with Gasteiger partial charge in [-0.25, -0.2) is 5.43 Å². The van der Waals surface area contributed by atoms with Crippen molar-refractivity contribution in [1.29, 1.82) is 0 Å². The Hall–Kier alpha value is -2.67. The average molecular weight is 482 g/mol. The number of phenolic OH excluding ortho intramolecular Hbond substituents is 1. The molecule has 5 heteroatoms. The van der Waals surface area contributed by atoms with Gasteiger partial charge in [0.1, 0.15) is 5.75 Å². The van der Waals surface area contributed by atoms with Gasteiger partial charge in [-0.05, 0) is 58.3 Å². The number of rotatable bonds is 5. The molecule has 1 aliphatic carbocycles. The van der Waals surface area contributed by atoms with Crippen LogP contribution in [-0.2, 0) is 10.2 Å². The second kappa shape index (κ2) is 7.75. The summed E-state index contributed by atoms with van der Waals surface area (Å²) >= 11 is 2.17. The first-order valence-corrected chi connectivity index (χ1v) is 10.1. The fourth-order valence-corrected chi connectivity index (χ4v) is 4.24. The molecule has 0 heterocycles. The van der Waals surface area contributed by atoms with E-state index in [0.29, 0.717) is 5.56 Å². The van der Waals surface area contributed by atoms with Crippen molar-refractivity contribution in [1.82, 2.24) is 5.43 Å². The number of amides is 1.